The van der Waals surface area contributed by atoms with Crippen molar-refractivity contribution in [1.82, 2.24) is 14.9 Å². The lowest BCUT2D eigenvalue weighted by Crippen LogP contribution is -2.50. The van der Waals surface area contributed by atoms with Gasteiger partial charge in [-0.25, -0.2) is 9.97 Å². The Hall–Kier alpha value is -1.40. The number of ether oxygens (including phenoxy) is 1. The third-order valence-corrected chi connectivity index (χ3v) is 3.71. The second-order valence-electron chi connectivity index (χ2n) is 5.69. The molecule has 1 aromatic rings. The number of methoxy groups -OCH3 is 1. The predicted octanol–water partition coefficient (Wildman–Crippen LogP) is 1.59. The van der Waals surface area contributed by atoms with Crippen LogP contribution in [0.5, 0.6) is 0 Å². The first-order chi connectivity index (χ1) is 10.1. The van der Waals surface area contributed by atoms with Crippen LogP contribution in [-0.2, 0) is 11.3 Å². The Bertz CT molecular complexity index is 454. The smallest absolute Gasteiger partial charge is 0.158 e. The summed E-state index contributed by atoms with van der Waals surface area (Å²) in [4.78, 5) is 13.9. The van der Waals surface area contributed by atoms with E-state index in [-0.39, 0.29) is 0 Å². The van der Waals surface area contributed by atoms with Gasteiger partial charge in [0.2, 0.25) is 0 Å². The summed E-state index contributed by atoms with van der Waals surface area (Å²) in [5.74, 6) is 2.62. The van der Waals surface area contributed by atoms with Gasteiger partial charge in [-0.3, -0.25) is 0 Å². The molecule has 6 heteroatoms. The summed E-state index contributed by atoms with van der Waals surface area (Å²) in [7, 11) is 3.84. The molecule has 1 aromatic heterocycles. The van der Waals surface area contributed by atoms with E-state index in [2.05, 4.69) is 52.0 Å². The molecular weight excluding hydrogens is 266 g/mol. The lowest BCUT2D eigenvalue weighted by atomic mass is 10.2. The predicted molar refractivity (Wildman–Crippen MR) is 85.8 cm³/mol. The summed E-state index contributed by atoms with van der Waals surface area (Å²) in [6.07, 6.45) is 1.07. The second-order valence-corrected chi connectivity index (χ2v) is 5.69. The van der Waals surface area contributed by atoms with Gasteiger partial charge in [0, 0.05) is 45.4 Å². The minimum absolute atomic E-state index is 0.441. The highest BCUT2D eigenvalue weighted by Crippen LogP contribution is 2.21. The molecule has 118 valence electrons. The number of rotatable bonds is 6. The minimum atomic E-state index is 0.441. The number of piperazine rings is 1. The number of nitrogens with zero attached hydrogens (tertiary/aromatic N) is 4. The molecule has 0 radical (unpaired) electrons. The van der Waals surface area contributed by atoms with E-state index in [0.717, 1.165) is 50.1 Å². The molecule has 0 spiro atoms. The second kappa shape index (κ2) is 7.56. The fourth-order valence-electron chi connectivity index (χ4n) is 2.65. The molecule has 0 saturated carbocycles. The van der Waals surface area contributed by atoms with Gasteiger partial charge < -0.3 is 19.9 Å². The van der Waals surface area contributed by atoms with E-state index in [1.165, 1.54) is 0 Å². The van der Waals surface area contributed by atoms with Crippen molar-refractivity contribution in [3.05, 3.63) is 11.9 Å². The zero-order chi connectivity index (χ0) is 15.2. The van der Waals surface area contributed by atoms with Gasteiger partial charge in [0.1, 0.15) is 18.2 Å². The van der Waals surface area contributed by atoms with E-state index in [0.29, 0.717) is 12.6 Å². The zero-order valence-corrected chi connectivity index (χ0v) is 13.6. The van der Waals surface area contributed by atoms with Crippen LogP contribution < -0.4 is 10.2 Å². The molecule has 1 unspecified atom stereocenters. The Morgan fingerprint density at radius 3 is 2.86 bits per heavy atom. The van der Waals surface area contributed by atoms with Gasteiger partial charge in [-0.1, -0.05) is 6.92 Å². The van der Waals surface area contributed by atoms with E-state index in [4.69, 9.17) is 4.74 Å². The fourth-order valence-corrected chi connectivity index (χ4v) is 2.65. The Kier molecular flexibility index (Phi) is 5.76. The molecule has 1 saturated heterocycles. The van der Waals surface area contributed by atoms with Crippen molar-refractivity contribution in [1.29, 1.82) is 0 Å². The molecule has 0 amide bonds. The summed E-state index contributed by atoms with van der Waals surface area (Å²) in [6, 6.07) is 2.50. The highest BCUT2D eigenvalue weighted by molar-refractivity contribution is 5.50. The molecule has 6 nitrogen and oxygen atoms in total. The summed E-state index contributed by atoms with van der Waals surface area (Å²) in [5.41, 5.74) is 0. The topological polar surface area (TPSA) is 53.5 Å². The monoisotopic (exact) mass is 293 g/mol. The molecular formula is C15H27N5O. The maximum absolute atomic E-state index is 5.19. The Morgan fingerprint density at radius 2 is 2.19 bits per heavy atom. The number of aromatic nitrogens is 2. The fraction of sp³-hybridized carbons (Fsp3) is 0.733. The van der Waals surface area contributed by atoms with Crippen LogP contribution in [0.15, 0.2) is 6.07 Å². The summed E-state index contributed by atoms with van der Waals surface area (Å²) in [6.45, 7) is 8.86. The van der Waals surface area contributed by atoms with E-state index in [1.54, 1.807) is 7.11 Å². The summed E-state index contributed by atoms with van der Waals surface area (Å²) >= 11 is 0. The highest BCUT2D eigenvalue weighted by atomic mass is 16.5. The van der Waals surface area contributed by atoms with Crippen LogP contribution in [0, 0.1) is 0 Å². The van der Waals surface area contributed by atoms with Gasteiger partial charge in [-0.05, 0) is 20.4 Å². The van der Waals surface area contributed by atoms with Gasteiger partial charge in [0.05, 0.1) is 0 Å². The minimum Gasteiger partial charge on any atom is -0.377 e. The first-order valence-corrected chi connectivity index (χ1v) is 7.70. The Balaban J connectivity index is 2.21. The van der Waals surface area contributed by atoms with Crippen molar-refractivity contribution in [2.75, 3.05) is 50.6 Å². The normalized spacial score (nSPS) is 19.8. The van der Waals surface area contributed by atoms with Crippen molar-refractivity contribution in [2.24, 2.45) is 0 Å². The molecule has 1 aliphatic heterocycles. The summed E-state index contributed by atoms with van der Waals surface area (Å²) < 4.78 is 5.19. The van der Waals surface area contributed by atoms with Gasteiger partial charge in [-0.15, -0.1) is 0 Å². The van der Waals surface area contributed by atoms with Crippen LogP contribution in [0.2, 0.25) is 0 Å². The first kappa shape index (κ1) is 16.0. The Labute approximate surface area is 127 Å². The Morgan fingerprint density at radius 1 is 1.38 bits per heavy atom. The molecule has 1 aliphatic rings. The largest absolute Gasteiger partial charge is 0.377 e. The number of hydrogen-bond donors (Lipinski definition) is 1. The molecule has 1 fully saturated rings. The van der Waals surface area contributed by atoms with E-state index in [1.807, 2.05) is 0 Å². The lowest BCUT2D eigenvalue weighted by Gasteiger charge is -2.39. The molecule has 2 rings (SSSR count). The van der Waals surface area contributed by atoms with Gasteiger partial charge in [-0.2, -0.15) is 0 Å². The maximum atomic E-state index is 5.19. The average molecular weight is 293 g/mol. The quantitative estimate of drug-likeness (QED) is 0.859. The van der Waals surface area contributed by atoms with Crippen molar-refractivity contribution < 1.29 is 4.74 Å². The van der Waals surface area contributed by atoms with Crippen LogP contribution in [-0.4, -0.2) is 61.2 Å². The van der Waals surface area contributed by atoms with Crippen LogP contribution in [0.25, 0.3) is 0 Å². The van der Waals surface area contributed by atoms with Gasteiger partial charge in [0.15, 0.2) is 5.82 Å². The SMILES string of the molecule is CCCNc1cc(N2CCN(C)CC2C)nc(COC)n1. The van der Waals surface area contributed by atoms with Crippen LogP contribution in [0.4, 0.5) is 11.6 Å². The van der Waals surface area contributed by atoms with Crippen molar-refractivity contribution in [2.45, 2.75) is 32.9 Å². The van der Waals surface area contributed by atoms with Crippen molar-refractivity contribution in [3.63, 3.8) is 0 Å². The molecule has 2 heterocycles. The van der Waals surface area contributed by atoms with E-state index >= 15 is 0 Å². The summed E-state index contributed by atoms with van der Waals surface area (Å²) in [5, 5.41) is 3.35. The first-order valence-electron chi connectivity index (χ1n) is 7.70. The molecule has 0 aliphatic carbocycles. The van der Waals surface area contributed by atoms with Crippen LogP contribution >= 0.6 is 0 Å². The number of anilines is 2. The third-order valence-electron chi connectivity index (χ3n) is 3.71. The van der Waals surface area contributed by atoms with Crippen LogP contribution in [0.1, 0.15) is 26.1 Å². The van der Waals surface area contributed by atoms with Gasteiger partial charge >= 0.3 is 0 Å². The van der Waals surface area contributed by atoms with Crippen molar-refractivity contribution >= 4 is 11.6 Å². The average Bonchev–Trinajstić information content (AvgIpc) is 2.45. The zero-order valence-electron chi connectivity index (χ0n) is 13.6. The molecule has 1 atom stereocenters. The molecule has 1 N–H and O–H groups in total. The van der Waals surface area contributed by atoms with Gasteiger partial charge in [0.25, 0.3) is 0 Å². The van der Waals surface area contributed by atoms with E-state index < -0.39 is 0 Å². The van der Waals surface area contributed by atoms with Crippen LogP contribution in [0.3, 0.4) is 0 Å². The van der Waals surface area contributed by atoms with Crippen molar-refractivity contribution in [3.8, 4) is 0 Å². The molecule has 21 heavy (non-hydrogen) atoms. The maximum Gasteiger partial charge on any atom is 0.158 e. The molecule has 0 bridgehead atoms. The standard InChI is InChI=1S/C15H27N5O/c1-5-6-16-13-9-15(18-14(17-13)11-21-4)20-8-7-19(3)10-12(20)2/h9,12H,5-8,10-11H2,1-4H3,(H,16,17,18). The van der Waals surface area contributed by atoms with E-state index in [9.17, 15) is 0 Å². The number of hydrogen-bond acceptors (Lipinski definition) is 6. The number of nitrogens with one attached hydrogen (secondary N) is 1. The third kappa shape index (κ3) is 4.28. The lowest BCUT2D eigenvalue weighted by molar-refractivity contribution is 0.178. The number of likely N-dealkylation sites (N-methyl/N-ethyl adjacent to an activating group) is 1. The molecule has 0 aromatic carbocycles. The highest BCUT2D eigenvalue weighted by Gasteiger charge is 2.23.